The van der Waals surface area contributed by atoms with E-state index in [0.717, 1.165) is 0 Å². The van der Waals surface area contributed by atoms with Crippen LogP contribution in [0.5, 0.6) is 0 Å². The summed E-state index contributed by atoms with van der Waals surface area (Å²) in [5.74, 6) is -0.775. The Bertz CT molecular complexity index is 666. The number of benzene rings is 1. The summed E-state index contributed by atoms with van der Waals surface area (Å²) in [5.41, 5.74) is 2.90. The topological polar surface area (TPSA) is 128 Å². The Labute approximate surface area is 143 Å². The molecule has 0 saturated carbocycles. The van der Waals surface area contributed by atoms with Crippen LogP contribution in [0.4, 0.5) is 10.5 Å². The first-order chi connectivity index (χ1) is 11.3. The number of hydrogen-bond donors (Lipinski definition) is 3. The molecule has 0 atom stereocenters. The molecule has 0 bridgehead atoms. The molecule has 0 aliphatic rings. The molecule has 0 aromatic heterocycles. The number of hydroxylamine groups is 2. The van der Waals surface area contributed by atoms with Gasteiger partial charge in [0, 0.05) is 24.1 Å². The fourth-order valence-electron chi connectivity index (χ4n) is 1.59. The third-order valence-electron chi connectivity index (χ3n) is 2.85. The van der Waals surface area contributed by atoms with Crippen molar-refractivity contribution in [2.45, 2.75) is 26.7 Å². The summed E-state index contributed by atoms with van der Waals surface area (Å²) in [5, 5.41) is 24.0. The predicted octanol–water partition coefficient (Wildman–Crippen LogP) is 2.11. The van der Waals surface area contributed by atoms with Gasteiger partial charge in [-0.2, -0.15) is 9.52 Å². The Balaban J connectivity index is 2.76. The molecule has 2 N–H and O–H groups in total. The highest BCUT2D eigenvalue weighted by atomic mass is 32.1. The van der Waals surface area contributed by atoms with Crippen LogP contribution < -0.4 is 5.53 Å². The molecule has 0 aliphatic carbocycles. The van der Waals surface area contributed by atoms with Crippen LogP contribution >= 0.6 is 12.8 Å². The normalized spacial score (nSPS) is 10.9. The number of nitro groups is 1. The molecule has 130 valence electrons. The molecule has 0 radical (unpaired) electrons. The van der Waals surface area contributed by atoms with E-state index < -0.39 is 16.9 Å². The lowest BCUT2D eigenvalue weighted by Gasteiger charge is -2.19. The fourth-order valence-corrected chi connectivity index (χ4v) is 1.72. The second kappa shape index (κ2) is 8.84. The summed E-state index contributed by atoms with van der Waals surface area (Å²) in [6.07, 6.45) is 0.465. The number of nitrogens with zero attached hydrogens (tertiary/aromatic N) is 4. The lowest BCUT2D eigenvalue weighted by Crippen LogP contribution is -2.44. The van der Waals surface area contributed by atoms with Gasteiger partial charge in [0.05, 0.1) is 10.6 Å². The van der Waals surface area contributed by atoms with Crippen LogP contribution in [0.2, 0.25) is 0 Å². The van der Waals surface area contributed by atoms with E-state index >= 15 is 0 Å². The van der Waals surface area contributed by atoms with E-state index in [1.165, 1.54) is 18.2 Å². The molecule has 11 heteroatoms. The average molecular weight is 355 g/mol. The van der Waals surface area contributed by atoms with Crippen molar-refractivity contribution < 1.29 is 19.7 Å². The van der Waals surface area contributed by atoms with E-state index in [-0.39, 0.29) is 17.2 Å². The molecule has 0 saturated heterocycles. The van der Waals surface area contributed by atoms with Crippen molar-refractivity contribution in [3.63, 3.8) is 0 Å². The largest absolute Gasteiger partial charge is 0.381 e. The van der Waals surface area contributed by atoms with Gasteiger partial charge in [0.2, 0.25) is 0 Å². The van der Waals surface area contributed by atoms with Crippen molar-refractivity contribution >= 4 is 36.2 Å². The lowest BCUT2D eigenvalue weighted by atomic mass is 10.1. The molecular formula is C13H17N5O5S. The van der Waals surface area contributed by atoms with Gasteiger partial charge in [-0.1, -0.05) is 19.1 Å². The summed E-state index contributed by atoms with van der Waals surface area (Å²) in [7, 11) is 0. The zero-order chi connectivity index (χ0) is 18.3. The number of carbonyl (C=O) groups is 2. The number of urea groups is 1. The van der Waals surface area contributed by atoms with Gasteiger partial charge in [0.25, 0.3) is 11.6 Å². The quantitative estimate of drug-likeness (QED) is 0.236. The number of hydrazine groups is 1. The van der Waals surface area contributed by atoms with E-state index in [9.17, 15) is 24.9 Å². The maximum Gasteiger partial charge on any atom is 0.381 e. The highest BCUT2D eigenvalue weighted by Crippen LogP contribution is 2.13. The molecule has 0 fully saturated rings. The number of nitro benzene ring substituents is 1. The van der Waals surface area contributed by atoms with Gasteiger partial charge < -0.3 is 0 Å². The van der Waals surface area contributed by atoms with Crippen molar-refractivity contribution in [2.75, 3.05) is 0 Å². The third kappa shape index (κ3) is 5.21. The van der Waals surface area contributed by atoms with Crippen molar-refractivity contribution in [3.8, 4) is 0 Å². The summed E-state index contributed by atoms with van der Waals surface area (Å²) >= 11 is 3.77. The van der Waals surface area contributed by atoms with Gasteiger partial charge in [0.1, 0.15) is 0 Å². The first-order valence-corrected chi connectivity index (χ1v) is 7.27. The Morgan fingerprint density at radius 3 is 2.71 bits per heavy atom. The molecule has 3 amide bonds. The van der Waals surface area contributed by atoms with E-state index in [2.05, 4.69) is 23.5 Å². The zero-order valence-corrected chi connectivity index (χ0v) is 13.9. The van der Waals surface area contributed by atoms with E-state index in [1.54, 1.807) is 19.9 Å². The van der Waals surface area contributed by atoms with Crippen LogP contribution in [0.15, 0.2) is 29.4 Å². The van der Waals surface area contributed by atoms with Crippen LogP contribution in [-0.4, -0.2) is 37.3 Å². The SMILES string of the molecule is CCCC(=O)N(O)C(=O)N(S)N/N=C(\C)c1cccc([N+](=O)[O-])c1. The molecule has 1 aromatic carbocycles. The minimum absolute atomic E-state index is 0.000163. The summed E-state index contributed by atoms with van der Waals surface area (Å²) in [6.45, 7) is 3.27. The van der Waals surface area contributed by atoms with Crippen molar-refractivity contribution in [1.82, 2.24) is 15.0 Å². The van der Waals surface area contributed by atoms with E-state index in [1.807, 2.05) is 0 Å². The monoisotopic (exact) mass is 355 g/mol. The Morgan fingerprint density at radius 1 is 1.46 bits per heavy atom. The number of imide groups is 1. The molecule has 1 rings (SSSR count). The summed E-state index contributed by atoms with van der Waals surface area (Å²) < 4.78 is 0.508. The number of nitrogens with one attached hydrogen (secondary N) is 1. The van der Waals surface area contributed by atoms with Crippen LogP contribution in [0.3, 0.4) is 0 Å². The highest BCUT2D eigenvalue weighted by molar-refractivity contribution is 7.78. The Morgan fingerprint density at radius 2 is 2.12 bits per heavy atom. The number of hydrazone groups is 1. The van der Waals surface area contributed by atoms with Gasteiger partial charge in [-0.15, -0.1) is 5.06 Å². The highest BCUT2D eigenvalue weighted by Gasteiger charge is 2.23. The minimum atomic E-state index is -1.13. The number of hydrogen-bond acceptors (Lipinski definition) is 8. The van der Waals surface area contributed by atoms with Gasteiger partial charge in [-0.3, -0.25) is 20.1 Å². The van der Waals surface area contributed by atoms with E-state index in [0.29, 0.717) is 22.1 Å². The molecule has 0 heterocycles. The summed E-state index contributed by atoms with van der Waals surface area (Å²) in [4.78, 5) is 33.4. The van der Waals surface area contributed by atoms with E-state index in [4.69, 9.17) is 0 Å². The van der Waals surface area contributed by atoms with Crippen LogP contribution in [0.1, 0.15) is 32.3 Å². The third-order valence-corrected chi connectivity index (χ3v) is 3.11. The van der Waals surface area contributed by atoms with Crippen molar-refractivity contribution in [2.24, 2.45) is 5.10 Å². The van der Waals surface area contributed by atoms with Crippen LogP contribution in [0.25, 0.3) is 0 Å². The molecule has 10 nitrogen and oxygen atoms in total. The first kappa shape index (κ1) is 19.4. The fraction of sp³-hybridized carbons (Fsp3) is 0.308. The first-order valence-electron chi connectivity index (χ1n) is 6.87. The molecule has 0 spiro atoms. The molecule has 24 heavy (non-hydrogen) atoms. The van der Waals surface area contributed by atoms with Gasteiger partial charge >= 0.3 is 6.03 Å². The zero-order valence-electron chi connectivity index (χ0n) is 13.0. The Kier molecular flexibility index (Phi) is 7.14. The molecular weight excluding hydrogens is 338 g/mol. The minimum Gasteiger partial charge on any atom is -0.277 e. The van der Waals surface area contributed by atoms with Crippen LogP contribution in [-0.2, 0) is 4.79 Å². The number of amides is 3. The standard InChI is InChI=1S/C13H17N5O5S/c1-3-5-12(19)16(21)13(20)17(24)15-14-9(2)10-6-4-7-11(8-10)18(22)23/h4,6-8,15,21,24H,3,5H2,1-2H3/b14-9+. The second-order valence-corrected chi connectivity index (χ2v) is 5.05. The van der Waals surface area contributed by atoms with Crippen molar-refractivity contribution in [3.05, 3.63) is 39.9 Å². The second-order valence-electron chi connectivity index (χ2n) is 4.65. The van der Waals surface area contributed by atoms with Crippen molar-refractivity contribution in [1.29, 1.82) is 0 Å². The molecule has 1 aromatic rings. The van der Waals surface area contributed by atoms with Crippen LogP contribution in [0, 0.1) is 10.1 Å². The number of carbonyl (C=O) groups excluding carboxylic acids is 2. The number of non-ortho nitro benzene ring substituents is 1. The van der Waals surface area contributed by atoms with Gasteiger partial charge in [0.15, 0.2) is 0 Å². The predicted molar refractivity (Wildman–Crippen MR) is 88.2 cm³/mol. The van der Waals surface area contributed by atoms with Gasteiger partial charge in [-0.05, 0) is 26.2 Å². The number of rotatable bonds is 6. The molecule has 0 aliphatic heterocycles. The number of thiol groups is 1. The smallest absolute Gasteiger partial charge is 0.277 e. The Hall–Kier alpha value is -2.66. The maximum atomic E-state index is 11.7. The lowest BCUT2D eigenvalue weighted by molar-refractivity contribution is -0.384. The molecule has 0 unspecified atom stereocenters. The van der Waals surface area contributed by atoms with Gasteiger partial charge in [-0.25, -0.2) is 10.3 Å². The average Bonchev–Trinajstić information content (AvgIpc) is 2.58. The summed E-state index contributed by atoms with van der Waals surface area (Å²) in [6, 6.07) is 4.61. The maximum absolute atomic E-state index is 11.7.